The van der Waals surface area contributed by atoms with E-state index in [-0.39, 0.29) is 0 Å². The van der Waals surface area contributed by atoms with Gasteiger partial charge in [-0.1, -0.05) is 152 Å². The van der Waals surface area contributed by atoms with Crippen molar-refractivity contribution in [1.82, 2.24) is 0 Å². The number of nitrogens with zero attached hydrogens (tertiary/aromatic N) is 1. The van der Waals surface area contributed by atoms with E-state index in [4.69, 9.17) is 8.83 Å². The summed E-state index contributed by atoms with van der Waals surface area (Å²) in [5.41, 5.74) is 13.4. The molecule has 0 bridgehead atoms. The second-order valence-electron chi connectivity index (χ2n) is 14.8. The number of benzene rings is 9. The highest BCUT2D eigenvalue weighted by atomic mass is 32.1. The minimum absolute atomic E-state index is 0.855. The average Bonchev–Trinajstić information content (AvgIpc) is 3.99. The number of anilines is 3. The molecule has 0 fully saturated rings. The highest BCUT2D eigenvalue weighted by Crippen LogP contribution is 2.48. The molecule has 0 aliphatic carbocycles. The molecule has 0 unspecified atom stereocenters. The Balaban J connectivity index is 1.03. The van der Waals surface area contributed by atoms with Crippen LogP contribution in [0.25, 0.3) is 97.4 Å². The normalized spacial score (nSPS) is 11.8. The van der Waals surface area contributed by atoms with Crippen molar-refractivity contribution in [3.05, 3.63) is 200 Å². The van der Waals surface area contributed by atoms with Crippen LogP contribution in [0.1, 0.15) is 0 Å². The highest BCUT2D eigenvalue weighted by molar-refractivity contribution is 7.26. The van der Waals surface area contributed by atoms with Crippen molar-refractivity contribution in [2.75, 3.05) is 4.90 Å². The van der Waals surface area contributed by atoms with Crippen LogP contribution in [0.5, 0.6) is 0 Å². The van der Waals surface area contributed by atoms with Crippen LogP contribution in [-0.2, 0) is 0 Å². The molecule has 0 amide bonds. The van der Waals surface area contributed by atoms with E-state index in [9.17, 15) is 0 Å². The molecule has 0 saturated carbocycles. The molecule has 12 rings (SSSR count). The van der Waals surface area contributed by atoms with Gasteiger partial charge in [0.25, 0.3) is 0 Å². The fraction of sp³-hybridized carbons (Fsp3) is 0. The van der Waals surface area contributed by atoms with Crippen molar-refractivity contribution in [1.29, 1.82) is 0 Å². The number of thiophene rings is 1. The summed E-state index contributed by atoms with van der Waals surface area (Å²) in [7, 11) is 0. The molecule has 3 heterocycles. The third kappa shape index (κ3) is 5.12. The summed E-state index contributed by atoms with van der Waals surface area (Å²) < 4.78 is 16.1. The lowest BCUT2D eigenvalue weighted by Crippen LogP contribution is -2.10. The van der Waals surface area contributed by atoms with Crippen LogP contribution in [0.4, 0.5) is 17.1 Å². The number of hydrogen-bond acceptors (Lipinski definition) is 4. The second kappa shape index (κ2) is 13.1. The van der Waals surface area contributed by atoms with Gasteiger partial charge in [0.05, 0.1) is 11.4 Å². The van der Waals surface area contributed by atoms with E-state index >= 15 is 0 Å². The third-order valence-electron chi connectivity index (χ3n) is 11.5. The van der Waals surface area contributed by atoms with E-state index in [2.05, 4.69) is 199 Å². The standard InChI is InChI=1S/C54H33NO2S/c1-3-13-35(14-4-1)39-18-10-21-43-45-33-37(29-32-48(45)56-52(39)43)34-27-30-38(31-28-34)55(46-23-12-26-50-51(46)44-17-7-8-25-49(44)58-50)47-24-11-22-42-41-20-9-19-40(53(41)57-54(42)47)36-15-5-2-6-16-36/h1-33H. The molecule has 9 aromatic carbocycles. The van der Waals surface area contributed by atoms with Crippen molar-refractivity contribution in [3.63, 3.8) is 0 Å². The van der Waals surface area contributed by atoms with Gasteiger partial charge in [-0.05, 0) is 70.8 Å². The average molecular weight is 760 g/mol. The second-order valence-corrected chi connectivity index (χ2v) is 15.9. The van der Waals surface area contributed by atoms with E-state index in [1.54, 1.807) is 0 Å². The number of rotatable bonds is 6. The molecule has 0 N–H and O–H groups in total. The van der Waals surface area contributed by atoms with Gasteiger partial charge in [-0.2, -0.15) is 0 Å². The lowest BCUT2D eigenvalue weighted by atomic mass is 10.00. The van der Waals surface area contributed by atoms with Crippen LogP contribution >= 0.6 is 11.3 Å². The Kier molecular flexibility index (Phi) is 7.40. The van der Waals surface area contributed by atoms with E-state index in [0.29, 0.717) is 0 Å². The van der Waals surface area contributed by atoms with Crippen molar-refractivity contribution >= 4 is 92.4 Å². The number of fused-ring (bicyclic) bond motifs is 9. The Bertz CT molecular complexity index is 3500. The van der Waals surface area contributed by atoms with E-state index < -0.39 is 0 Å². The maximum absolute atomic E-state index is 7.02. The van der Waals surface area contributed by atoms with Crippen molar-refractivity contribution in [3.8, 4) is 33.4 Å². The van der Waals surface area contributed by atoms with Gasteiger partial charge in [0, 0.05) is 58.5 Å². The van der Waals surface area contributed by atoms with Crippen LogP contribution in [0.3, 0.4) is 0 Å². The Hall–Kier alpha value is -7.40. The van der Waals surface area contributed by atoms with Crippen LogP contribution in [-0.4, -0.2) is 0 Å². The van der Waals surface area contributed by atoms with Crippen LogP contribution in [0, 0.1) is 0 Å². The summed E-state index contributed by atoms with van der Waals surface area (Å²) in [5, 5.41) is 6.90. The van der Waals surface area contributed by atoms with Crippen LogP contribution < -0.4 is 4.90 Å². The van der Waals surface area contributed by atoms with E-state index in [1.165, 1.54) is 20.2 Å². The molecule has 3 nitrogen and oxygen atoms in total. The molecule has 12 aromatic rings. The molecule has 0 saturated heterocycles. The molecular weight excluding hydrogens is 727 g/mol. The number of para-hydroxylation sites is 3. The Morgan fingerprint density at radius 2 is 0.897 bits per heavy atom. The largest absolute Gasteiger partial charge is 0.455 e. The monoisotopic (exact) mass is 759 g/mol. The van der Waals surface area contributed by atoms with Crippen LogP contribution in [0.15, 0.2) is 209 Å². The Morgan fingerprint density at radius 3 is 1.64 bits per heavy atom. The Labute approximate surface area is 338 Å². The zero-order chi connectivity index (χ0) is 38.2. The quantitative estimate of drug-likeness (QED) is 0.169. The summed E-state index contributed by atoms with van der Waals surface area (Å²) in [6.45, 7) is 0. The topological polar surface area (TPSA) is 29.5 Å². The third-order valence-corrected chi connectivity index (χ3v) is 12.6. The lowest BCUT2D eigenvalue weighted by molar-refractivity contribution is 0.670. The number of furan rings is 2. The maximum atomic E-state index is 7.02. The molecule has 0 atom stereocenters. The van der Waals surface area contributed by atoms with Gasteiger partial charge in [-0.3, -0.25) is 0 Å². The predicted molar refractivity (Wildman–Crippen MR) is 245 cm³/mol. The highest BCUT2D eigenvalue weighted by Gasteiger charge is 2.23. The minimum Gasteiger partial charge on any atom is -0.455 e. The molecular formula is C54H33NO2S. The molecule has 3 aromatic heterocycles. The molecule has 4 heteroatoms. The van der Waals surface area contributed by atoms with Gasteiger partial charge in [-0.25, -0.2) is 0 Å². The first-order valence-electron chi connectivity index (χ1n) is 19.6. The summed E-state index contributed by atoms with van der Waals surface area (Å²) in [6.07, 6.45) is 0. The molecule has 0 radical (unpaired) electrons. The van der Waals surface area contributed by atoms with Crippen molar-refractivity contribution < 1.29 is 8.83 Å². The SMILES string of the molecule is c1ccc(-c2cccc3c2oc2ccc(-c4ccc(N(c5cccc6c5oc5c(-c7ccccc7)cccc56)c5cccc6sc7ccccc7c56)cc4)cc23)cc1. The van der Waals surface area contributed by atoms with E-state index in [0.717, 1.165) is 94.3 Å². The van der Waals surface area contributed by atoms with Gasteiger partial charge in [0.2, 0.25) is 0 Å². The summed E-state index contributed by atoms with van der Waals surface area (Å²) in [4.78, 5) is 2.38. The molecule has 0 aliphatic heterocycles. The molecule has 58 heavy (non-hydrogen) atoms. The first-order valence-corrected chi connectivity index (χ1v) is 20.4. The first kappa shape index (κ1) is 32.8. The summed E-state index contributed by atoms with van der Waals surface area (Å²) in [6, 6.07) is 71.2. The fourth-order valence-electron chi connectivity index (χ4n) is 8.80. The van der Waals surface area contributed by atoms with Crippen molar-refractivity contribution in [2.24, 2.45) is 0 Å². The Morgan fingerprint density at radius 1 is 0.345 bits per heavy atom. The minimum atomic E-state index is 0.855. The summed E-state index contributed by atoms with van der Waals surface area (Å²) >= 11 is 1.83. The molecule has 0 aliphatic rings. The summed E-state index contributed by atoms with van der Waals surface area (Å²) in [5.74, 6) is 0. The van der Waals surface area contributed by atoms with Gasteiger partial charge in [-0.15, -0.1) is 11.3 Å². The zero-order valence-electron chi connectivity index (χ0n) is 31.2. The van der Waals surface area contributed by atoms with Crippen molar-refractivity contribution in [2.45, 2.75) is 0 Å². The van der Waals surface area contributed by atoms with Gasteiger partial charge in [0.1, 0.15) is 16.7 Å². The van der Waals surface area contributed by atoms with Gasteiger partial charge in [0.15, 0.2) is 5.58 Å². The lowest BCUT2D eigenvalue weighted by Gasteiger charge is -2.26. The van der Waals surface area contributed by atoms with Gasteiger partial charge < -0.3 is 13.7 Å². The number of hydrogen-bond donors (Lipinski definition) is 0. The first-order chi connectivity index (χ1) is 28.8. The fourth-order valence-corrected chi connectivity index (χ4v) is 9.93. The van der Waals surface area contributed by atoms with Gasteiger partial charge >= 0.3 is 0 Å². The maximum Gasteiger partial charge on any atom is 0.159 e. The van der Waals surface area contributed by atoms with Crippen LogP contribution in [0.2, 0.25) is 0 Å². The smallest absolute Gasteiger partial charge is 0.159 e. The van der Waals surface area contributed by atoms with E-state index in [1.807, 2.05) is 17.4 Å². The zero-order valence-corrected chi connectivity index (χ0v) is 32.0. The predicted octanol–water partition coefficient (Wildman–Crippen LogP) is 16.3. The molecule has 0 spiro atoms. The molecule has 272 valence electrons.